The van der Waals surface area contributed by atoms with Crippen molar-refractivity contribution in [1.82, 2.24) is 9.97 Å². The molecule has 2 aromatic carbocycles. The summed E-state index contributed by atoms with van der Waals surface area (Å²) in [6.07, 6.45) is 4.32. The van der Waals surface area contributed by atoms with E-state index < -0.39 is 0 Å². The van der Waals surface area contributed by atoms with Gasteiger partial charge in [0.05, 0.1) is 6.61 Å². The lowest BCUT2D eigenvalue weighted by atomic mass is 10.1. The van der Waals surface area contributed by atoms with Gasteiger partial charge in [0.25, 0.3) is 0 Å². The number of phenols is 1. The molecule has 0 saturated heterocycles. The van der Waals surface area contributed by atoms with E-state index in [4.69, 9.17) is 10.5 Å². The molecule has 6 heteroatoms. The highest BCUT2D eigenvalue weighted by Gasteiger charge is 2.07. The van der Waals surface area contributed by atoms with Crippen LogP contribution in [0.3, 0.4) is 0 Å². The monoisotopic (exact) mass is 387 g/mol. The lowest BCUT2D eigenvalue weighted by molar-refractivity contribution is 0.293. The SMILES string of the molecule is Cc1cc(OCCCCCCN)nc(-c2ccc3cc(O)ccc3c2)n1.Cl. The minimum absolute atomic E-state index is 0. The van der Waals surface area contributed by atoms with E-state index in [0.29, 0.717) is 18.3 Å². The maximum Gasteiger partial charge on any atom is 0.217 e. The Hall–Kier alpha value is -2.37. The van der Waals surface area contributed by atoms with Gasteiger partial charge < -0.3 is 15.6 Å². The Labute approximate surface area is 166 Å². The molecule has 1 heterocycles. The molecule has 3 rings (SSSR count). The summed E-state index contributed by atoms with van der Waals surface area (Å²) < 4.78 is 5.82. The molecular formula is C21H26ClN3O2. The predicted molar refractivity (Wildman–Crippen MR) is 112 cm³/mol. The summed E-state index contributed by atoms with van der Waals surface area (Å²) >= 11 is 0. The van der Waals surface area contributed by atoms with Crippen molar-refractivity contribution in [2.45, 2.75) is 32.6 Å². The van der Waals surface area contributed by atoms with Gasteiger partial charge in [0.1, 0.15) is 5.75 Å². The molecule has 3 N–H and O–H groups in total. The van der Waals surface area contributed by atoms with E-state index in [-0.39, 0.29) is 18.2 Å². The fraction of sp³-hybridized carbons (Fsp3) is 0.333. The average molecular weight is 388 g/mol. The van der Waals surface area contributed by atoms with Crippen molar-refractivity contribution >= 4 is 23.2 Å². The molecule has 0 spiro atoms. The molecule has 27 heavy (non-hydrogen) atoms. The van der Waals surface area contributed by atoms with Crippen LogP contribution in [0.25, 0.3) is 22.2 Å². The molecule has 0 bridgehead atoms. The number of rotatable bonds is 8. The number of nitrogens with zero attached hydrogens (tertiary/aromatic N) is 2. The summed E-state index contributed by atoms with van der Waals surface area (Å²) in [6.45, 7) is 3.34. The molecule has 0 aliphatic heterocycles. The third-order valence-electron chi connectivity index (χ3n) is 4.26. The summed E-state index contributed by atoms with van der Waals surface area (Å²) in [7, 11) is 0. The second kappa shape index (κ2) is 10.1. The molecule has 144 valence electrons. The third-order valence-corrected chi connectivity index (χ3v) is 4.26. The molecule has 0 amide bonds. The van der Waals surface area contributed by atoms with Crippen LogP contribution in [-0.4, -0.2) is 28.2 Å². The van der Waals surface area contributed by atoms with Crippen molar-refractivity contribution in [3.05, 3.63) is 48.2 Å². The molecule has 0 radical (unpaired) electrons. The third kappa shape index (κ3) is 5.81. The van der Waals surface area contributed by atoms with Gasteiger partial charge in [0.15, 0.2) is 5.82 Å². The number of benzene rings is 2. The van der Waals surface area contributed by atoms with E-state index in [9.17, 15) is 5.11 Å². The predicted octanol–water partition coefficient (Wildman–Crippen LogP) is 4.63. The molecule has 0 fully saturated rings. The van der Waals surface area contributed by atoms with Gasteiger partial charge in [-0.1, -0.05) is 31.0 Å². The molecule has 0 unspecified atom stereocenters. The quantitative estimate of drug-likeness (QED) is 0.550. The molecule has 0 saturated carbocycles. The van der Waals surface area contributed by atoms with E-state index >= 15 is 0 Å². The second-order valence-electron chi connectivity index (χ2n) is 6.47. The summed E-state index contributed by atoms with van der Waals surface area (Å²) in [5.74, 6) is 1.52. The number of ether oxygens (including phenoxy) is 1. The number of aryl methyl sites for hydroxylation is 1. The van der Waals surface area contributed by atoms with E-state index in [1.54, 1.807) is 12.1 Å². The zero-order valence-corrected chi connectivity index (χ0v) is 16.3. The van der Waals surface area contributed by atoms with Gasteiger partial charge in [-0.3, -0.25) is 0 Å². The Morgan fingerprint density at radius 3 is 2.48 bits per heavy atom. The van der Waals surface area contributed by atoms with Crippen LogP contribution < -0.4 is 10.5 Å². The number of aromatic hydroxyl groups is 1. The number of phenolic OH excluding ortho intramolecular Hbond substituents is 1. The first kappa shape index (κ1) is 20.9. The Morgan fingerprint density at radius 1 is 0.926 bits per heavy atom. The van der Waals surface area contributed by atoms with Crippen LogP contribution in [0, 0.1) is 6.92 Å². The van der Waals surface area contributed by atoms with Crippen LogP contribution in [0.1, 0.15) is 31.4 Å². The first-order valence-electron chi connectivity index (χ1n) is 9.07. The zero-order valence-electron chi connectivity index (χ0n) is 15.5. The van der Waals surface area contributed by atoms with Crippen molar-refractivity contribution < 1.29 is 9.84 Å². The minimum atomic E-state index is 0. The number of hydrogen-bond acceptors (Lipinski definition) is 5. The van der Waals surface area contributed by atoms with Gasteiger partial charge in [-0.05, 0) is 55.3 Å². The van der Waals surface area contributed by atoms with Gasteiger partial charge in [-0.2, -0.15) is 4.98 Å². The van der Waals surface area contributed by atoms with Gasteiger partial charge in [-0.25, -0.2) is 4.98 Å². The van der Waals surface area contributed by atoms with Gasteiger partial charge in [0.2, 0.25) is 5.88 Å². The molecular weight excluding hydrogens is 362 g/mol. The van der Waals surface area contributed by atoms with Gasteiger partial charge >= 0.3 is 0 Å². The van der Waals surface area contributed by atoms with Crippen molar-refractivity contribution in [1.29, 1.82) is 0 Å². The standard InChI is InChI=1S/C21H25N3O2.ClH/c1-15-12-20(26-11-5-3-2-4-10-22)24-21(23-15)18-7-6-17-14-19(25)9-8-16(17)13-18;/h6-9,12-14,25H,2-5,10-11,22H2,1H3;1H. The number of fused-ring (bicyclic) bond motifs is 1. The first-order chi connectivity index (χ1) is 12.7. The lowest BCUT2D eigenvalue weighted by Gasteiger charge is -2.09. The Balaban J connectivity index is 0.00000261. The summed E-state index contributed by atoms with van der Waals surface area (Å²) in [5, 5.41) is 11.6. The van der Waals surface area contributed by atoms with Crippen molar-refractivity contribution in [2.75, 3.05) is 13.2 Å². The van der Waals surface area contributed by atoms with Crippen molar-refractivity contribution in [3.63, 3.8) is 0 Å². The Kier molecular flexibility index (Phi) is 7.82. The van der Waals surface area contributed by atoms with Crippen LogP contribution >= 0.6 is 12.4 Å². The molecule has 1 aromatic heterocycles. The number of unbranched alkanes of at least 4 members (excludes halogenated alkanes) is 3. The smallest absolute Gasteiger partial charge is 0.217 e. The number of aromatic nitrogens is 2. The molecule has 0 atom stereocenters. The fourth-order valence-electron chi connectivity index (χ4n) is 2.89. The number of nitrogens with two attached hydrogens (primary N) is 1. The van der Waals surface area contributed by atoms with Crippen LogP contribution in [0.5, 0.6) is 11.6 Å². The zero-order chi connectivity index (χ0) is 18.4. The first-order valence-corrected chi connectivity index (χ1v) is 9.07. The molecule has 0 aliphatic rings. The maximum atomic E-state index is 9.59. The van der Waals surface area contributed by atoms with Gasteiger partial charge in [-0.15, -0.1) is 12.4 Å². The number of hydrogen-bond donors (Lipinski definition) is 2. The average Bonchev–Trinajstić information content (AvgIpc) is 2.63. The molecule has 5 nitrogen and oxygen atoms in total. The largest absolute Gasteiger partial charge is 0.508 e. The van der Waals surface area contributed by atoms with Crippen LogP contribution in [0.4, 0.5) is 0 Å². The molecule has 3 aromatic rings. The molecule has 0 aliphatic carbocycles. The minimum Gasteiger partial charge on any atom is -0.508 e. The Bertz CT molecular complexity index is 886. The highest BCUT2D eigenvalue weighted by atomic mass is 35.5. The highest BCUT2D eigenvalue weighted by molar-refractivity contribution is 5.87. The lowest BCUT2D eigenvalue weighted by Crippen LogP contribution is -2.03. The fourth-order valence-corrected chi connectivity index (χ4v) is 2.89. The maximum absolute atomic E-state index is 9.59. The van der Waals surface area contributed by atoms with Crippen LogP contribution in [-0.2, 0) is 0 Å². The summed E-state index contributed by atoms with van der Waals surface area (Å²) in [6, 6.07) is 13.1. The highest BCUT2D eigenvalue weighted by Crippen LogP contribution is 2.26. The van der Waals surface area contributed by atoms with E-state index in [2.05, 4.69) is 9.97 Å². The summed E-state index contributed by atoms with van der Waals surface area (Å²) in [5.41, 5.74) is 7.31. The van der Waals surface area contributed by atoms with Crippen molar-refractivity contribution in [2.24, 2.45) is 5.73 Å². The van der Waals surface area contributed by atoms with Crippen LogP contribution in [0.15, 0.2) is 42.5 Å². The topological polar surface area (TPSA) is 81.3 Å². The van der Waals surface area contributed by atoms with E-state index in [1.807, 2.05) is 37.3 Å². The van der Waals surface area contributed by atoms with Crippen LogP contribution in [0.2, 0.25) is 0 Å². The normalized spacial score (nSPS) is 10.6. The van der Waals surface area contributed by atoms with Crippen molar-refractivity contribution in [3.8, 4) is 23.0 Å². The van der Waals surface area contributed by atoms with Gasteiger partial charge in [0, 0.05) is 17.3 Å². The second-order valence-corrected chi connectivity index (χ2v) is 6.47. The Morgan fingerprint density at radius 2 is 1.67 bits per heavy atom. The van der Waals surface area contributed by atoms with E-state index in [1.165, 1.54) is 0 Å². The number of halogens is 1. The van der Waals surface area contributed by atoms with E-state index in [0.717, 1.165) is 54.3 Å². The summed E-state index contributed by atoms with van der Waals surface area (Å²) in [4.78, 5) is 9.10.